The molecule has 0 aromatic heterocycles. The molecule has 0 bridgehead atoms. The minimum atomic E-state index is -0.527. The summed E-state index contributed by atoms with van der Waals surface area (Å²) in [4.78, 5) is 11.3. The van der Waals surface area contributed by atoms with Gasteiger partial charge in [0.1, 0.15) is 12.1 Å². The second-order valence-corrected chi connectivity index (χ2v) is 5.13. The number of hydrogen-bond donors (Lipinski definition) is 1. The van der Waals surface area contributed by atoms with Crippen molar-refractivity contribution >= 4 is 5.97 Å². The number of carbonyl (C=O) groups excluding carboxylic acids is 1. The number of rotatable bonds is 4. The second-order valence-electron chi connectivity index (χ2n) is 5.13. The number of allylic oxidation sites excluding steroid dienone is 1. The molecule has 0 aliphatic heterocycles. The van der Waals surface area contributed by atoms with Crippen molar-refractivity contribution in [3.8, 4) is 6.07 Å². The molecule has 4 nitrogen and oxygen atoms in total. The van der Waals surface area contributed by atoms with E-state index >= 15 is 0 Å². The molecule has 0 aromatic carbocycles. The van der Waals surface area contributed by atoms with Gasteiger partial charge in [-0.15, -0.1) is 0 Å². The van der Waals surface area contributed by atoms with Crippen LogP contribution in [0.4, 0.5) is 0 Å². The number of nitrogens with zero attached hydrogens (tertiary/aromatic N) is 1. The Morgan fingerprint density at radius 1 is 1.38 bits per heavy atom. The topological polar surface area (TPSA) is 62.1 Å². The Bertz CT molecular complexity index is 306. The summed E-state index contributed by atoms with van der Waals surface area (Å²) in [5.74, 6) is -0.313. The minimum absolute atomic E-state index is 0.106. The van der Waals surface area contributed by atoms with Crippen molar-refractivity contribution in [3.63, 3.8) is 0 Å². The van der Waals surface area contributed by atoms with Crippen LogP contribution in [-0.2, 0) is 9.53 Å². The minimum Gasteiger partial charge on any atom is -0.459 e. The van der Waals surface area contributed by atoms with Crippen LogP contribution in [0.3, 0.4) is 0 Å². The lowest BCUT2D eigenvalue weighted by Crippen LogP contribution is -2.29. The van der Waals surface area contributed by atoms with E-state index in [1.807, 2.05) is 20.8 Å². The van der Waals surface area contributed by atoms with Crippen molar-refractivity contribution in [2.75, 3.05) is 6.54 Å². The Balaban J connectivity index is 3.93. The molecule has 1 N–H and O–H groups in total. The van der Waals surface area contributed by atoms with Gasteiger partial charge < -0.3 is 10.1 Å². The SMILES string of the molecule is CC(C)(C#N)/C=C/NCC(=O)OC(C)(C)C. The average Bonchev–Trinajstić information content (AvgIpc) is 2.10. The lowest BCUT2D eigenvalue weighted by molar-refractivity contribution is -0.153. The quantitative estimate of drug-likeness (QED) is 0.742. The number of nitriles is 1. The third kappa shape index (κ3) is 7.86. The van der Waals surface area contributed by atoms with Gasteiger partial charge >= 0.3 is 5.97 Å². The highest BCUT2D eigenvalue weighted by Gasteiger charge is 2.15. The van der Waals surface area contributed by atoms with Gasteiger partial charge in [-0.2, -0.15) is 5.26 Å². The molecule has 0 heterocycles. The van der Waals surface area contributed by atoms with Gasteiger partial charge in [0.2, 0.25) is 0 Å². The lowest BCUT2D eigenvalue weighted by atomic mass is 9.96. The number of hydrogen-bond acceptors (Lipinski definition) is 4. The molecule has 0 amide bonds. The molecule has 4 heteroatoms. The van der Waals surface area contributed by atoms with Crippen LogP contribution in [0.15, 0.2) is 12.3 Å². The van der Waals surface area contributed by atoms with Gasteiger partial charge in [0.25, 0.3) is 0 Å². The Hall–Kier alpha value is -1.50. The summed E-state index contributed by atoms with van der Waals surface area (Å²) in [5.41, 5.74) is -0.991. The lowest BCUT2D eigenvalue weighted by Gasteiger charge is -2.19. The number of esters is 1. The number of ether oxygens (including phenoxy) is 1. The van der Waals surface area contributed by atoms with Gasteiger partial charge in [-0.25, -0.2) is 0 Å². The van der Waals surface area contributed by atoms with Crippen LogP contribution < -0.4 is 5.32 Å². The van der Waals surface area contributed by atoms with Crippen LogP contribution in [0.1, 0.15) is 34.6 Å². The fourth-order valence-electron chi connectivity index (χ4n) is 0.824. The zero-order valence-electron chi connectivity index (χ0n) is 10.6. The largest absolute Gasteiger partial charge is 0.459 e. The van der Waals surface area contributed by atoms with Crippen LogP contribution in [0.5, 0.6) is 0 Å². The molecule has 0 spiro atoms. The van der Waals surface area contributed by atoms with Crippen molar-refractivity contribution in [1.29, 1.82) is 5.26 Å². The molecule has 0 unspecified atom stereocenters. The fourth-order valence-corrected chi connectivity index (χ4v) is 0.824. The summed E-state index contributed by atoms with van der Waals surface area (Å²) in [7, 11) is 0. The van der Waals surface area contributed by atoms with Crippen LogP contribution in [-0.4, -0.2) is 18.1 Å². The van der Waals surface area contributed by atoms with E-state index in [0.29, 0.717) is 0 Å². The summed E-state index contributed by atoms with van der Waals surface area (Å²) in [6, 6.07) is 2.12. The molecule has 0 aliphatic rings. The maximum Gasteiger partial charge on any atom is 0.325 e. The molecule has 0 saturated heterocycles. The predicted octanol–water partition coefficient (Wildman–Crippen LogP) is 1.98. The fraction of sp³-hybridized carbons (Fsp3) is 0.667. The monoisotopic (exact) mass is 224 g/mol. The van der Waals surface area contributed by atoms with E-state index in [-0.39, 0.29) is 12.5 Å². The zero-order valence-corrected chi connectivity index (χ0v) is 10.6. The first-order valence-electron chi connectivity index (χ1n) is 5.20. The molecule has 0 saturated carbocycles. The molecular weight excluding hydrogens is 204 g/mol. The van der Waals surface area contributed by atoms with Crippen LogP contribution in [0.25, 0.3) is 0 Å². The van der Waals surface area contributed by atoms with Crippen molar-refractivity contribution in [3.05, 3.63) is 12.3 Å². The number of nitrogens with one attached hydrogen (secondary N) is 1. The van der Waals surface area contributed by atoms with E-state index < -0.39 is 11.0 Å². The molecule has 90 valence electrons. The smallest absolute Gasteiger partial charge is 0.325 e. The first kappa shape index (κ1) is 14.5. The first-order valence-corrected chi connectivity index (χ1v) is 5.20. The Morgan fingerprint density at radius 2 is 1.94 bits per heavy atom. The maximum atomic E-state index is 11.3. The third-order valence-electron chi connectivity index (χ3n) is 1.57. The molecule has 0 atom stereocenters. The highest BCUT2D eigenvalue weighted by molar-refractivity contribution is 5.72. The van der Waals surface area contributed by atoms with E-state index in [0.717, 1.165) is 0 Å². The van der Waals surface area contributed by atoms with Gasteiger partial charge in [-0.1, -0.05) is 0 Å². The molecule has 0 radical (unpaired) electrons. The summed E-state index contributed by atoms with van der Waals surface area (Å²) >= 11 is 0. The summed E-state index contributed by atoms with van der Waals surface area (Å²) < 4.78 is 5.10. The first-order chi connectivity index (χ1) is 7.16. The summed E-state index contributed by atoms with van der Waals surface area (Å²) in [6.07, 6.45) is 3.31. The molecule has 0 fully saturated rings. The van der Waals surface area contributed by atoms with Gasteiger partial charge in [-0.05, 0) is 46.9 Å². The number of carbonyl (C=O) groups is 1. The molecular formula is C12H20N2O2. The Labute approximate surface area is 97.3 Å². The molecule has 0 aromatic rings. The Morgan fingerprint density at radius 3 is 2.38 bits per heavy atom. The second kappa shape index (κ2) is 5.55. The summed E-state index contributed by atoms with van der Waals surface area (Å²) in [6.45, 7) is 9.14. The summed E-state index contributed by atoms with van der Waals surface area (Å²) in [5, 5.41) is 11.5. The molecule has 0 rings (SSSR count). The molecule has 16 heavy (non-hydrogen) atoms. The van der Waals surface area contributed by atoms with E-state index in [2.05, 4.69) is 11.4 Å². The van der Waals surface area contributed by atoms with E-state index in [1.54, 1.807) is 26.1 Å². The van der Waals surface area contributed by atoms with Crippen LogP contribution in [0, 0.1) is 16.7 Å². The van der Waals surface area contributed by atoms with Crippen molar-refractivity contribution in [2.45, 2.75) is 40.2 Å². The normalized spacial score (nSPS) is 12.2. The van der Waals surface area contributed by atoms with Gasteiger partial charge in [0.05, 0.1) is 11.5 Å². The molecule has 0 aliphatic carbocycles. The van der Waals surface area contributed by atoms with Gasteiger partial charge in [0, 0.05) is 0 Å². The van der Waals surface area contributed by atoms with Gasteiger partial charge in [0.15, 0.2) is 0 Å². The standard InChI is InChI=1S/C12H20N2O2/c1-11(2,3)16-10(15)8-14-7-6-12(4,5)9-13/h6-7,14H,8H2,1-5H3/b7-6+. The van der Waals surface area contributed by atoms with Gasteiger partial charge in [-0.3, -0.25) is 4.79 Å². The van der Waals surface area contributed by atoms with Crippen molar-refractivity contribution in [1.82, 2.24) is 5.32 Å². The average molecular weight is 224 g/mol. The van der Waals surface area contributed by atoms with Crippen LogP contribution >= 0.6 is 0 Å². The predicted molar refractivity (Wildman–Crippen MR) is 62.4 cm³/mol. The third-order valence-corrected chi connectivity index (χ3v) is 1.57. The van der Waals surface area contributed by atoms with E-state index in [4.69, 9.17) is 10.00 Å². The van der Waals surface area contributed by atoms with E-state index in [9.17, 15) is 4.79 Å². The highest BCUT2D eigenvalue weighted by Crippen LogP contribution is 2.13. The zero-order chi connectivity index (χ0) is 12.8. The Kier molecular flexibility index (Phi) is 5.03. The van der Waals surface area contributed by atoms with E-state index in [1.165, 1.54) is 0 Å². The maximum absolute atomic E-state index is 11.3. The van der Waals surface area contributed by atoms with Crippen molar-refractivity contribution in [2.24, 2.45) is 5.41 Å². The van der Waals surface area contributed by atoms with Crippen molar-refractivity contribution < 1.29 is 9.53 Å². The van der Waals surface area contributed by atoms with Crippen LogP contribution in [0.2, 0.25) is 0 Å². The highest BCUT2D eigenvalue weighted by atomic mass is 16.6.